The lowest BCUT2D eigenvalue weighted by atomic mass is 10.1. The number of amides is 1. The van der Waals surface area contributed by atoms with Crippen LogP contribution in [0.25, 0.3) is 11.0 Å². The smallest absolute Gasteiger partial charge is 0.249 e. The maximum atomic E-state index is 12.5. The summed E-state index contributed by atoms with van der Waals surface area (Å²) in [5.74, 6) is 1.61. The summed E-state index contributed by atoms with van der Waals surface area (Å²) in [5, 5.41) is 3.87. The van der Waals surface area contributed by atoms with Crippen molar-refractivity contribution in [1.29, 1.82) is 0 Å². The molecule has 0 spiro atoms. The summed E-state index contributed by atoms with van der Waals surface area (Å²) < 4.78 is 13.7. The van der Waals surface area contributed by atoms with E-state index in [2.05, 4.69) is 16.0 Å². The number of fused-ring (bicyclic) bond motifs is 1. The van der Waals surface area contributed by atoms with Gasteiger partial charge in [-0.05, 0) is 75.4 Å². The first-order valence-electron chi connectivity index (χ1n) is 11.2. The van der Waals surface area contributed by atoms with Gasteiger partial charge in [0.1, 0.15) is 17.7 Å². The van der Waals surface area contributed by atoms with Gasteiger partial charge in [-0.2, -0.15) is 0 Å². The van der Waals surface area contributed by atoms with Crippen LogP contribution in [-0.4, -0.2) is 34.8 Å². The molecule has 170 valence electrons. The molecule has 2 heterocycles. The Labute approximate surface area is 193 Å². The van der Waals surface area contributed by atoms with Gasteiger partial charge >= 0.3 is 0 Å². The van der Waals surface area contributed by atoms with Crippen molar-refractivity contribution < 1.29 is 14.3 Å². The zero-order chi connectivity index (χ0) is 22.7. The van der Waals surface area contributed by atoms with Gasteiger partial charge in [0.15, 0.2) is 0 Å². The molecular formula is C25H30ClN3O3. The molecule has 1 amide bonds. The maximum Gasteiger partial charge on any atom is 0.249 e. The molecule has 2 atom stereocenters. The fraction of sp³-hybridized carbons (Fsp3) is 0.440. The predicted octanol–water partition coefficient (Wildman–Crippen LogP) is 5.13. The van der Waals surface area contributed by atoms with E-state index in [1.165, 1.54) is 0 Å². The number of carbonyl (C=O) groups is 1. The first kappa shape index (κ1) is 22.6. The molecular weight excluding hydrogens is 426 g/mol. The Kier molecular flexibility index (Phi) is 7.01. The average Bonchev–Trinajstić information content (AvgIpc) is 3.43. The number of aryl methyl sites for hydroxylation is 3. The zero-order valence-corrected chi connectivity index (χ0v) is 19.6. The first-order chi connectivity index (χ1) is 15.4. The number of hydrogen-bond acceptors (Lipinski definition) is 4. The number of nitrogens with one attached hydrogen (secondary N) is 1. The summed E-state index contributed by atoms with van der Waals surface area (Å²) >= 11 is 6.25. The molecule has 4 rings (SSSR count). The van der Waals surface area contributed by atoms with E-state index < -0.39 is 0 Å². The highest BCUT2D eigenvalue weighted by atomic mass is 35.5. The summed E-state index contributed by atoms with van der Waals surface area (Å²) in [4.78, 5) is 17.4. The van der Waals surface area contributed by atoms with Crippen LogP contribution < -0.4 is 10.1 Å². The molecule has 1 aliphatic rings. The molecule has 2 unspecified atom stereocenters. The molecule has 0 bridgehead atoms. The van der Waals surface area contributed by atoms with Gasteiger partial charge in [-0.3, -0.25) is 4.79 Å². The Balaban J connectivity index is 1.44. The molecule has 0 saturated carbocycles. The number of halogens is 1. The van der Waals surface area contributed by atoms with Gasteiger partial charge in [0.2, 0.25) is 5.91 Å². The number of ether oxygens (including phenoxy) is 2. The van der Waals surface area contributed by atoms with Gasteiger partial charge in [-0.15, -0.1) is 0 Å². The highest BCUT2D eigenvalue weighted by molar-refractivity contribution is 6.32. The molecule has 1 fully saturated rings. The van der Waals surface area contributed by atoms with Gasteiger partial charge in [-0.1, -0.05) is 23.7 Å². The van der Waals surface area contributed by atoms with Crippen LogP contribution in [0.5, 0.6) is 5.75 Å². The molecule has 7 heteroatoms. The third-order valence-corrected chi connectivity index (χ3v) is 6.45. The highest BCUT2D eigenvalue weighted by Crippen LogP contribution is 2.26. The van der Waals surface area contributed by atoms with E-state index in [1.807, 2.05) is 51.1 Å². The quantitative estimate of drug-likeness (QED) is 0.478. The lowest BCUT2D eigenvalue weighted by Gasteiger charge is -2.18. The van der Waals surface area contributed by atoms with Crippen LogP contribution in [0.2, 0.25) is 5.02 Å². The fourth-order valence-electron chi connectivity index (χ4n) is 4.22. The van der Waals surface area contributed by atoms with E-state index >= 15 is 0 Å². The lowest BCUT2D eigenvalue weighted by molar-refractivity contribution is -0.130. The Morgan fingerprint density at radius 2 is 2.06 bits per heavy atom. The van der Waals surface area contributed by atoms with E-state index in [4.69, 9.17) is 26.1 Å². The molecule has 32 heavy (non-hydrogen) atoms. The van der Waals surface area contributed by atoms with E-state index in [1.54, 1.807) is 0 Å². The molecule has 1 N–H and O–H groups in total. The van der Waals surface area contributed by atoms with Crippen molar-refractivity contribution in [3.8, 4) is 5.75 Å². The van der Waals surface area contributed by atoms with Crippen LogP contribution in [-0.2, 0) is 16.1 Å². The van der Waals surface area contributed by atoms with Crippen LogP contribution in [0.15, 0.2) is 36.4 Å². The van der Waals surface area contributed by atoms with Crippen molar-refractivity contribution in [3.05, 3.63) is 58.4 Å². The third-order valence-electron chi connectivity index (χ3n) is 5.86. The molecule has 2 aromatic carbocycles. The van der Waals surface area contributed by atoms with Crippen molar-refractivity contribution in [2.45, 2.75) is 58.7 Å². The highest BCUT2D eigenvalue weighted by Gasteiger charge is 2.26. The second kappa shape index (κ2) is 9.92. The van der Waals surface area contributed by atoms with Gasteiger partial charge in [0.25, 0.3) is 0 Å². The van der Waals surface area contributed by atoms with Gasteiger partial charge in [0, 0.05) is 18.2 Å². The molecule has 0 aliphatic carbocycles. The lowest BCUT2D eigenvalue weighted by Crippen LogP contribution is -2.36. The van der Waals surface area contributed by atoms with E-state index in [-0.39, 0.29) is 18.1 Å². The summed E-state index contributed by atoms with van der Waals surface area (Å²) in [6, 6.07) is 11.8. The van der Waals surface area contributed by atoms with Crippen LogP contribution in [0.4, 0.5) is 0 Å². The Bertz CT molecular complexity index is 1080. The average molecular weight is 456 g/mol. The van der Waals surface area contributed by atoms with Crippen molar-refractivity contribution in [2.24, 2.45) is 0 Å². The zero-order valence-electron chi connectivity index (χ0n) is 18.9. The number of benzene rings is 2. The van der Waals surface area contributed by atoms with Gasteiger partial charge in [0.05, 0.1) is 23.7 Å². The number of para-hydroxylation sites is 2. The number of aromatic nitrogens is 2. The molecule has 0 radical (unpaired) electrons. The number of imidazole rings is 1. The van der Waals surface area contributed by atoms with Crippen molar-refractivity contribution in [2.75, 3.05) is 13.2 Å². The summed E-state index contributed by atoms with van der Waals surface area (Å²) in [6.45, 7) is 7.90. The maximum absolute atomic E-state index is 12.5. The molecule has 1 saturated heterocycles. The molecule has 3 aromatic rings. The predicted molar refractivity (Wildman–Crippen MR) is 126 cm³/mol. The minimum Gasteiger partial charge on any atom is -0.494 e. The first-order valence-corrected chi connectivity index (χ1v) is 11.6. The second-order valence-electron chi connectivity index (χ2n) is 8.42. The monoisotopic (exact) mass is 455 g/mol. The second-order valence-corrected chi connectivity index (χ2v) is 8.79. The third kappa shape index (κ3) is 4.92. The van der Waals surface area contributed by atoms with Crippen LogP contribution in [0.1, 0.15) is 49.2 Å². The van der Waals surface area contributed by atoms with Crippen molar-refractivity contribution >= 4 is 28.5 Å². The van der Waals surface area contributed by atoms with Crippen molar-refractivity contribution in [3.63, 3.8) is 0 Å². The number of rotatable bonds is 8. The van der Waals surface area contributed by atoms with Gasteiger partial charge < -0.3 is 19.4 Å². The fourth-order valence-corrected chi connectivity index (χ4v) is 4.33. The Hall–Kier alpha value is -2.57. The molecule has 6 nitrogen and oxygen atoms in total. The topological polar surface area (TPSA) is 65.4 Å². The normalized spacial score (nSPS) is 16.9. The summed E-state index contributed by atoms with van der Waals surface area (Å²) in [6.07, 6.45) is 2.16. The van der Waals surface area contributed by atoms with Crippen LogP contribution in [0, 0.1) is 13.8 Å². The number of carbonyl (C=O) groups excluding carboxylic acids is 1. The van der Waals surface area contributed by atoms with E-state index in [0.717, 1.165) is 64.6 Å². The minimum atomic E-state index is -0.352. The Morgan fingerprint density at radius 1 is 1.31 bits per heavy atom. The van der Waals surface area contributed by atoms with Crippen LogP contribution >= 0.6 is 11.6 Å². The van der Waals surface area contributed by atoms with Crippen LogP contribution in [0.3, 0.4) is 0 Å². The summed E-state index contributed by atoms with van der Waals surface area (Å²) in [5.41, 5.74) is 4.00. The number of nitrogens with zero attached hydrogens (tertiary/aromatic N) is 2. The standard InChI is InChI=1S/C25H30ClN3O3/c1-16-14-19(15-17(2)23(16)26)31-13-7-11-29-21-9-5-4-8-20(21)28-24(29)18(3)27-25(30)22-10-6-12-32-22/h4-5,8-9,14-15,18,22H,6-7,10-13H2,1-3H3,(H,27,30). The van der Waals surface area contributed by atoms with Gasteiger partial charge in [-0.25, -0.2) is 4.98 Å². The largest absolute Gasteiger partial charge is 0.494 e. The summed E-state index contributed by atoms with van der Waals surface area (Å²) in [7, 11) is 0. The van der Waals surface area contributed by atoms with E-state index in [0.29, 0.717) is 13.2 Å². The SMILES string of the molecule is Cc1cc(OCCCn2c(C(C)NC(=O)C3CCCO3)nc3ccccc32)cc(C)c1Cl. The van der Waals surface area contributed by atoms with E-state index in [9.17, 15) is 4.79 Å². The number of hydrogen-bond donors (Lipinski definition) is 1. The van der Waals surface area contributed by atoms with Crippen molar-refractivity contribution in [1.82, 2.24) is 14.9 Å². The molecule has 1 aliphatic heterocycles. The minimum absolute atomic E-state index is 0.0644. The molecule has 1 aromatic heterocycles. The Morgan fingerprint density at radius 3 is 2.78 bits per heavy atom.